The first-order valence-electron chi connectivity index (χ1n) is 3.84. The van der Waals surface area contributed by atoms with Gasteiger partial charge >= 0.3 is 0 Å². The smallest absolute Gasteiger partial charge is 0.0972 e. The minimum Gasteiger partial charge on any atom is -0.193 e. The lowest BCUT2D eigenvalue weighted by Gasteiger charge is -2.14. The molecular formula is C10H6ClNS. The molecule has 3 heteroatoms. The summed E-state index contributed by atoms with van der Waals surface area (Å²) >= 11 is 7.72. The van der Waals surface area contributed by atoms with E-state index in [9.17, 15) is 0 Å². The van der Waals surface area contributed by atoms with E-state index in [1.807, 2.05) is 24.3 Å². The number of thioether (sulfide) groups is 1. The van der Waals surface area contributed by atoms with Crippen molar-refractivity contribution in [2.75, 3.05) is 5.75 Å². The van der Waals surface area contributed by atoms with Crippen molar-refractivity contribution in [3.05, 3.63) is 35.4 Å². The highest BCUT2D eigenvalue weighted by molar-refractivity contribution is 7.99. The van der Waals surface area contributed by atoms with Crippen LogP contribution in [0.4, 0.5) is 0 Å². The van der Waals surface area contributed by atoms with Gasteiger partial charge in [-0.1, -0.05) is 29.8 Å². The van der Waals surface area contributed by atoms with Gasteiger partial charge in [0, 0.05) is 16.2 Å². The Kier molecular flexibility index (Phi) is 2.30. The highest BCUT2D eigenvalue weighted by Gasteiger charge is 2.16. The third-order valence-electron chi connectivity index (χ3n) is 1.90. The van der Waals surface area contributed by atoms with Gasteiger partial charge in [0.2, 0.25) is 0 Å². The molecule has 1 aromatic carbocycles. The minimum absolute atomic E-state index is 0.608. The molecule has 1 aliphatic heterocycles. The molecule has 0 unspecified atom stereocenters. The molecule has 1 heterocycles. The van der Waals surface area contributed by atoms with Crippen molar-refractivity contribution in [3.8, 4) is 6.07 Å². The summed E-state index contributed by atoms with van der Waals surface area (Å²) in [7, 11) is 0. The molecule has 0 amide bonds. The van der Waals surface area contributed by atoms with Gasteiger partial charge in [0.15, 0.2) is 0 Å². The normalized spacial score (nSPS) is 15.1. The number of hydrogen-bond acceptors (Lipinski definition) is 2. The van der Waals surface area contributed by atoms with Crippen LogP contribution in [0.1, 0.15) is 5.56 Å². The lowest BCUT2D eigenvalue weighted by molar-refractivity contribution is 1.36. The van der Waals surface area contributed by atoms with E-state index in [-0.39, 0.29) is 0 Å². The van der Waals surface area contributed by atoms with Crippen LogP contribution in [0.25, 0.3) is 5.03 Å². The molecule has 1 aromatic rings. The molecule has 0 N–H and O–H groups in total. The van der Waals surface area contributed by atoms with Gasteiger partial charge in [-0.15, -0.1) is 11.8 Å². The Balaban J connectivity index is 2.60. The van der Waals surface area contributed by atoms with Crippen molar-refractivity contribution in [1.29, 1.82) is 5.26 Å². The highest BCUT2D eigenvalue weighted by Crippen LogP contribution is 2.38. The average Bonchev–Trinajstić information content (AvgIpc) is 2.19. The van der Waals surface area contributed by atoms with Crippen molar-refractivity contribution in [3.63, 3.8) is 0 Å². The monoisotopic (exact) mass is 207 g/mol. The van der Waals surface area contributed by atoms with Crippen LogP contribution < -0.4 is 0 Å². The van der Waals surface area contributed by atoms with E-state index in [1.54, 1.807) is 11.8 Å². The SMILES string of the molecule is N#CC1=C(Cl)c2ccccc2SC1. The molecule has 1 aliphatic rings. The largest absolute Gasteiger partial charge is 0.193 e. The molecule has 2 rings (SSSR count). The Morgan fingerprint density at radius 1 is 1.38 bits per heavy atom. The van der Waals surface area contributed by atoms with Crippen LogP contribution >= 0.6 is 23.4 Å². The predicted octanol–water partition coefficient (Wildman–Crippen LogP) is 3.27. The van der Waals surface area contributed by atoms with E-state index in [0.717, 1.165) is 10.5 Å². The summed E-state index contributed by atoms with van der Waals surface area (Å²) in [6, 6.07) is 10.0. The second kappa shape index (κ2) is 3.45. The zero-order chi connectivity index (χ0) is 9.26. The molecule has 0 saturated heterocycles. The molecule has 0 aliphatic carbocycles. The molecule has 0 spiro atoms. The van der Waals surface area contributed by atoms with Crippen LogP contribution in [0.2, 0.25) is 0 Å². The summed E-state index contributed by atoms with van der Waals surface area (Å²) in [6.45, 7) is 0. The highest BCUT2D eigenvalue weighted by atomic mass is 35.5. The molecule has 0 atom stereocenters. The Labute approximate surface area is 86.0 Å². The Morgan fingerprint density at radius 2 is 2.15 bits per heavy atom. The lowest BCUT2D eigenvalue weighted by Crippen LogP contribution is -1.96. The maximum atomic E-state index is 8.78. The van der Waals surface area contributed by atoms with Crippen LogP contribution in [0.5, 0.6) is 0 Å². The summed E-state index contributed by atoms with van der Waals surface area (Å²) in [5.41, 5.74) is 1.65. The number of nitriles is 1. The number of hydrogen-bond donors (Lipinski definition) is 0. The fourth-order valence-electron chi connectivity index (χ4n) is 1.23. The third kappa shape index (κ3) is 1.46. The van der Waals surface area contributed by atoms with E-state index in [2.05, 4.69) is 6.07 Å². The number of rotatable bonds is 0. The molecule has 0 radical (unpaired) electrons. The van der Waals surface area contributed by atoms with Crippen LogP contribution in [0, 0.1) is 11.3 Å². The zero-order valence-corrected chi connectivity index (χ0v) is 8.32. The van der Waals surface area contributed by atoms with E-state index in [0.29, 0.717) is 16.4 Å². The van der Waals surface area contributed by atoms with Gasteiger partial charge < -0.3 is 0 Å². The fraction of sp³-hybridized carbons (Fsp3) is 0.100. The molecular weight excluding hydrogens is 202 g/mol. The van der Waals surface area contributed by atoms with Crippen LogP contribution in [0.15, 0.2) is 34.7 Å². The topological polar surface area (TPSA) is 23.8 Å². The number of halogens is 1. The first kappa shape index (κ1) is 8.68. The maximum absolute atomic E-state index is 8.78. The average molecular weight is 208 g/mol. The van der Waals surface area contributed by atoms with E-state index >= 15 is 0 Å². The van der Waals surface area contributed by atoms with E-state index < -0.39 is 0 Å². The summed E-state index contributed by atoms with van der Waals surface area (Å²) in [6.07, 6.45) is 0. The Morgan fingerprint density at radius 3 is 2.92 bits per heavy atom. The van der Waals surface area contributed by atoms with Crippen molar-refractivity contribution in [1.82, 2.24) is 0 Å². The summed E-state index contributed by atoms with van der Waals surface area (Å²) in [4.78, 5) is 1.16. The quantitative estimate of drug-likeness (QED) is 0.652. The summed E-state index contributed by atoms with van der Waals surface area (Å²) in [5, 5.41) is 9.39. The van der Waals surface area contributed by atoms with Crippen molar-refractivity contribution < 1.29 is 0 Å². The summed E-state index contributed by atoms with van der Waals surface area (Å²) < 4.78 is 0. The van der Waals surface area contributed by atoms with E-state index in [4.69, 9.17) is 16.9 Å². The van der Waals surface area contributed by atoms with Gasteiger partial charge in [-0.3, -0.25) is 0 Å². The zero-order valence-electron chi connectivity index (χ0n) is 6.75. The van der Waals surface area contributed by atoms with Gasteiger partial charge in [-0.05, 0) is 6.07 Å². The first-order chi connectivity index (χ1) is 6.33. The molecule has 0 bridgehead atoms. The number of nitrogens with zero attached hydrogens (tertiary/aromatic N) is 1. The number of benzene rings is 1. The van der Waals surface area contributed by atoms with Crippen molar-refractivity contribution in [2.24, 2.45) is 0 Å². The second-order valence-corrected chi connectivity index (χ2v) is 4.08. The lowest BCUT2D eigenvalue weighted by atomic mass is 10.1. The molecule has 64 valence electrons. The van der Waals surface area contributed by atoms with Gasteiger partial charge in [-0.25, -0.2) is 0 Å². The predicted molar refractivity (Wildman–Crippen MR) is 55.6 cm³/mol. The third-order valence-corrected chi connectivity index (χ3v) is 3.43. The van der Waals surface area contributed by atoms with Crippen molar-refractivity contribution >= 4 is 28.4 Å². The molecule has 13 heavy (non-hydrogen) atoms. The van der Waals surface area contributed by atoms with Crippen LogP contribution in [0.3, 0.4) is 0 Å². The standard InChI is InChI=1S/C10H6ClNS/c11-10-7(5-12)6-13-9-4-2-1-3-8(9)10/h1-4H,6H2. The fourth-order valence-corrected chi connectivity index (χ4v) is 2.65. The Bertz CT molecular complexity index is 417. The molecule has 0 fully saturated rings. The van der Waals surface area contributed by atoms with Gasteiger partial charge in [-0.2, -0.15) is 5.26 Å². The minimum atomic E-state index is 0.608. The number of fused-ring (bicyclic) bond motifs is 1. The van der Waals surface area contributed by atoms with Crippen LogP contribution in [-0.4, -0.2) is 5.75 Å². The summed E-state index contributed by atoms with van der Waals surface area (Å²) in [5.74, 6) is 0.687. The molecule has 1 nitrogen and oxygen atoms in total. The van der Waals surface area contributed by atoms with Gasteiger partial charge in [0.1, 0.15) is 0 Å². The van der Waals surface area contributed by atoms with Crippen LogP contribution in [-0.2, 0) is 0 Å². The van der Waals surface area contributed by atoms with Crippen molar-refractivity contribution in [2.45, 2.75) is 4.90 Å². The van der Waals surface area contributed by atoms with E-state index in [1.165, 1.54) is 0 Å². The molecule has 0 saturated carbocycles. The van der Waals surface area contributed by atoms with Gasteiger partial charge in [0.05, 0.1) is 16.7 Å². The Hall–Kier alpha value is -0.910. The maximum Gasteiger partial charge on any atom is 0.0972 e. The first-order valence-corrected chi connectivity index (χ1v) is 5.20. The second-order valence-electron chi connectivity index (χ2n) is 2.69. The van der Waals surface area contributed by atoms with Gasteiger partial charge in [0.25, 0.3) is 0 Å². The molecule has 0 aromatic heterocycles.